The Morgan fingerprint density at radius 1 is 0.981 bits per heavy atom. The second-order valence-corrected chi connectivity index (χ2v) is 15.1. The van der Waals surface area contributed by atoms with Crippen LogP contribution in [-0.4, -0.2) is 124 Å². The van der Waals surface area contributed by atoms with Crippen LogP contribution in [0.25, 0.3) is 33.7 Å². The summed E-state index contributed by atoms with van der Waals surface area (Å²) in [6.45, 7) is 0.795. The average molecular weight is 791 g/mol. The summed E-state index contributed by atoms with van der Waals surface area (Å²) >= 11 is 0. The fourth-order valence-electron chi connectivity index (χ4n) is 5.55. The normalized spacial score (nSPS) is 23.3. The zero-order chi connectivity index (χ0) is 38.6. The van der Waals surface area contributed by atoms with Crippen LogP contribution in [0.3, 0.4) is 0 Å². The van der Waals surface area contributed by atoms with Crippen LogP contribution >= 0.6 is 15.6 Å². The van der Waals surface area contributed by atoms with Crippen molar-refractivity contribution in [3.05, 3.63) is 56.8 Å². The first kappa shape index (κ1) is 38.6. The number of ether oxygens (including phenoxy) is 1. The van der Waals surface area contributed by atoms with Gasteiger partial charge in [-0.05, 0) is 37.1 Å². The average Bonchev–Trinajstić information content (AvgIpc) is 3.63. The molecule has 3 aliphatic heterocycles. The number of hydrogen-bond acceptors (Lipinski definition) is 19. The summed E-state index contributed by atoms with van der Waals surface area (Å²) in [6.07, 6.45) is -9.93. The molecular weight excluding hydrogens is 757 g/mol. The molecule has 286 valence electrons. The van der Waals surface area contributed by atoms with Gasteiger partial charge in [-0.1, -0.05) is 0 Å². The highest BCUT2D eigenvalue weighted by Crippen LogP contribution is 2.60. The number of nitrogens with zero attached hydrogens (tertiary/aromatic N) is 7. The molecule has 9 atom stereocenters. The van der Waals surface area contributed by atoms with Gasteiger partial charge in [0.25, 0.3) is 5.56 Å². The fraction of sp³-hybridized carbons (Fsp3) is 0.444. The summed E-state index contributed by atoms with van der Waals surface area (Å²) in [4.78, 5) is 66.6. The highest BCUT2D eigenvalue weighted by Gasteiger charge is 2.46. The lowest BCUT2D eigenvalue weighted by atomic mass is 10.1. The van der Waals surface area contributed by atoms with Crippen molar-refractivity contribution in [3.8, 4) is 11.5 Å². The monoisotopic (exact) mass is 790 g/mol. The van der Waals surface area contributed by atoms with E-state index in [0.29, 0.717) is 5.52 Å². The maximum atomic E-state index is 12.5. The van der Waals surface area contributed by atoms with Crippen molar-refractivity contribution in [2.75, 3.05) is 18.9 Å². The molecule has 26 heteroatoms. The van der Waals surface area contributed by atoms with Crippen LogP contribution in [0.1, 0.15) is 17.4 Å². The SMILES string of the molecule is Cc1cc2nc3c(=O)[nH]c(=O)nc-3n(C[C@@H](O)[C@@H](O)[C@@H](O)COP(=O)(O)OP(=O)(O)O[13CH2][13C@H]3O[13C@@H](n4cnc5c(N)ncnc54)[13C@H](O)[13C@@H]3O)c2cc1C. The minimum Gasteiger partial charge on any atom is -0.388 e. The number of phosphoric ester groups is 2. The standard InChI is InChI=1S/C27H33N9O15P2/c1-10-3-12-13(4-11(10)2)35(24-18(32-12)25(42)34-27(43)33-24)5-14(37)19(39)15(38)6-48-52(44,45)51-53(46,47)49-7-16-20(40)21(41)26(50-16)36-9-31-17-22(28)29-8-30-23(17)36/h3-4,8-9,14-16,19-21,26,37-41H,5-7H2,1-2H3,(H,44,45)(H,46,47)(H2,28,29,30)(H,34,42,43)/t14-,15+,16-,19-,20-,21-,26-/m1/s1/i7+1,16+1,20+1,21+1,26+1. The van der Waals surface area contributed by atoms with Crippen molar-refractivity contribution in [2.24, 2.45) is 0 Å². The number of aliphatic hydroxyl groups excluding tert-OH is 5. The van der Waals surface area contributed by atoms with Crippen LogP contribution in [0.5, 0.6) is 0 Å². The Morgan fingerprint density at radius 2 is 1.68 bits per heavy atom. The zero-order valence-electron chi connectivity index (χ0n) is 27.5. The van der Waals surface area contributed by atoms with Gasteiger partial charge < -0.3 is 50.4 Å². The van der Waals surface area contributed by atoms with Gasteiger partial charge in [0, 0.05) is 0 Å². The Balaban J connectivity index is 1.07. The molecular formula is C27H33N9O15P2. The van der Waals surface area contributed by atoms with Gasteiger partial charge in [0.2, 0.25) is 0 Å². The number of rotatable bonds is 13. The van der Waals surface area contributed by atoms with Crippen molar-refractivity contribution in [2.45, 2.75) is 63.2 Å². The summed E-state index contributed by atoms with van der Waals surface area (Å²) in [5.41, 5.74) is 6.11. The Bertz CT molecular complexity index is 2350. The van der Waals surface area contributed by atoms with Crippen LogP contribution in [0.15, 0.2) is 34.4 Å². The quantitative estimate of drug-likeness (QED) is 0.0340. The summed E-state index contributed by atoms with van der Waals surface area (Å²) in [6, 6.07) is 3.29. The highest BCUT2D eigenvalue weighted by molar-refractivity contribution is 7.61. The van der Waals surface area contributed by atoms with Gasteiger partial charge in [0.05, 0.1) is 37.1 Å². The summed E-state index contributed by atoms with van der Waals surface area (Å²) < 4.78 is 46.6. The number of nitrogens with two attached hydrogens (primary N) is 1. The Hall–Kier alpha value is -4.13. The van der Waals surface area contributed by atoms with E-state index >= 15 is 0 Å². The largest absolute Gasteiger partial charge is 0.481 e. The number of phosphoric acid groups is 2. The van der Waals surface area contributed by atoms with E-state index in [1.54, 1.807) is 26.0 Å². The van der Waals surface area contributed by atoms with E-state index in [1.807, 2.05) is 4.98 Å². The molecule has 6 rings (SSSR count). The topological polar surface area (TPSA) is 363 Å². The molecule has 1 saturated heterocycles. The molecule has 2 unspecified atom stereocenters. The highest BCUT2D eigenvalue weighted by atomic mass is 31.3. The molecule has 2 aromatic heterocycles. The molecule has 24 nitrogen and oxygen atoms in total. The Kier molecular flexibility index (Phi) is 10.6. The number of fused-ring (bicyclic) bond motifs is 3. The van der Waals surface area contributed by atoms with Crippen molar-refractivity contribution in [1.82, 2.24) is 39.0 Å². The molecule has 0 amide bonds. The maximum absolute atomic E-state index is 12.5. The smallest absolute Gasteiger partial charge is 0.388 e. The molecule has 53 heavy (non-hydrogen) atoms. The minimum absolute atomic E-state index is 0.0293. The number of aromatic nitrogens is 8. The third-order valence-electron chi connectivity index (χ3n) is 8.40. The summed E-state index contributed by atoms with van der Waals surface area (Å²) in [5.74, 6) is -0.212. The van der Waals surface area contributed by atoms with Gasteiger partial charge in [-0.15, -0.1) is 0 Å². The van der Waals surface area contributed by atoms with E-state index < -0.39 is 89.5 Å². The van der Waals surface area contributed by atoms with Crippen LogP contribution in [-0.2, 0) is 33.8 Å². The third-order valence-corrected chi connectivity index (χ3v) is 11.0. The lowest BCUT2D eigenvalue weighted by Crippen LogP contribution is -2.42. The first-order valence-corrected chi connectivity index (χ1v) is 18.4. The van der Waals surface area contributed by atoms with E-state index in [9.17, 15) is 54.0 Å². The number of aliphatic hydroxyl groups is 5. The van der Waals surface area contributed by atoms with Gasteiger partial charge in [0.1, 0.15) is 48.5 Å². The molecule has 3 aromatic rings. The van der Waals surface area contributed by atoms with Crippen molar-refractivity contribution in [3.63, 3.8) is 0 Å². The van der Waals surface area contributed by atoms with Crippen LogP contribution in [0.4, 0.5) is 5.82 Å². The minimum atomic E-state index is -5.54. The summed E-state index contributed by atoms with van der Waals surface area (Å²) in [5, 5.41) is 53.0. The molecule has 0 saturated carbocycles. The lowest BCUT2D eigenvalue weighted by Gasteiger charge is -2.26. The van der Waals surface area contributed by atoms with Crippen LogP contribution < -0.4 is 17.0 Å². The Labute approximate surface area is 295 Å². The molecule has 10 N–H and O–H groups in total. The van der Waals surface area contributed by atoms with Gasteiger partial charge in [-0.3, -0.25) is 23.4 Å². The molecule has 3 aliphatic rings. The van der Waals surface area contributed by atoms with Crippen LogP contribution in [0, 0.1) is 13.8 Å². The molecule has 0 aliphatic carbocycles. The number of aryl methyl sites for hydroxylation is 2. The molecule has 0 bridgehead atoms. The number of anilines is 1. The molecule has 1 aromatic carbocycles. The predicted octanol–water partition coefficient (Wildman–Crippen LogP) is -2.42. The van der Waals surface area contributed by atoms with E-state index in [4.69, 9.17) is 15.0 Å². The second kappa shape index (κ2) is 14.6. The van der Waals surface area contributed by atoms with Crippen molar-refractivity contribution >= 4 is 43.7 Å². The maximum Gasteiger partial charge on any atom is 0.481 e. The number of H-pyrrole nitrogens is 1. The van der Waals surface area contributed by atoms with Gasteiger partial charge in [0.15, 0.2) is 29.2 Å². The number of nitrogen functional groups attached to an aromatic ring is 1. The molecule has 0 radical (unpaired) electrons. The van der Waals surface area contributed by atoms with E-state index in [2.05, 4.69) is 33.8 Å². The molecule has 0 spiro atoms. The molecule has 1 fully saturated rings. The number of benzene rings is 1. The first-order chi connectivity index (χ1) is 24.9. The van der Waals surface area contributed by atoms with E-state index in [1.165, 1.54) is 15.5 Å². The van der Waals surface area contributed by atoms with Gasteiger partial charge >= 0.3 is 21.3 Å². The molecule has 5 heterocycles. The summed E-state index contributed by atoms with van der Waals surface area (Å²) in [7, 11) is -11.0. The van der Waals surface area contributed by atoms with Gasteiger partial charge in [-0.25, -0.2) is 33.9 Å². The van der Waals surface area contributed by atoms with E-state index in [-0.39, 0.29) is 34.0 Å². The van der Waals surface area contributed by atoms with Crippen molar-refractivity contribution < 1.29 is 62.5 Å². The Morgan fingerprint density at radius 3 is 2.42 bits per heavy atom. The number of nitrogens with one attached hydrogen (secondary N) is 1. The number of aromatic amines is 1. The third kappa shape index (κ3) is 7.91. The number of imidazole rings is 1. The van der Waals surface area contributed by atoms with Crippen LogP contribution in [0.2, 0.25) is 0 Å². The predicted molar refractivity (Wildman–Crippen MR) is 177 cm³/mol. The fourth-order valence-corrected chi connectivity index (χ4v) is 7.65. The number of hydrogen-bond donors (Lipinski definition) is 9. The first-order valence-electron chi connectivity index (χ1n) is 15.4. The van der Waals surface area contributed by atoms with Crippen molar-refractivity contribution in [1.29, 1.82) is 0 Å². The zero-order valence-corrected chi connectivity index (χ0v) is 29.3. The lowest BCUT2D eigenvalue weighted by molar-refractivity contribution is -0.0794. The second-order valence-electron chi connectivity index (χ2n) is 12.1. The van der Waals surface area contributed by atoms with E-state index in [0.717, 1.165) is 17.5 Å². The van der Waals surface area contributed by atoms with Gasteiger partial charge in [-0.2, -0.15) is 9.29 Å².